The Bertz CT molecular complexity index is 1280. The number of carbonyl (C=O) groups is 4. The van der Waals surface area contributed by atoms with E-state index in [9.17, 15) is 23.6 Å². The predicted octanol–water partition coefficient (Wildman–Crippen LogP) is 2.07. The number of aromatic nitrogens is 1. The molecule has 4 rings (SSSR count). The van der Waals surface area contributed by atoms with Crippen molar-refractivity contribution in [3.8, 4) is 0 Å². The van der Waals surface area contributed by atoms with Crippen molar-refractivity contribution in [1.82, 2.24) is 26.0 Å². The molecule has 40 heavy (non-hydrogen) atoms. The van der Waals surface area contributed by atoms with Gasteiger partial charge in [0.1, 0.15) is 23.5 Å². The monoisotopic (exact) mass is 556 g/mol. The van der Waals surface area contributed by atoms with Crippen molar-refractivity contribution in [2.24, 2.45) is 5.92 Å². The zero-order valence-electron chi connectivity index (χ0n) is 22.5. The lowest BCUT2D eigenvalue weighted by Gasteiger charge is -2.30. The van der Waals surface area contributed by atoms with E-state index in [0.29, 0.717) is 24.3 Å². The summed E-state index contributed by atoms with van der Waals surface area (Å²) in [6, 6.07) is 4.49. The van der Waals surface area contributed by atoms with E-state index < -0.39 is 47.8 Å². The van der Waals surface area contributed by atoms with Crippen LogP contribution in [0.3, 0.4) is 0 Å². The number of cyclic esters (lactones) is 1. The van der Waals surface area contributed by atoms with Gasteiger partial charge in [0.25, 0.3) is 5.91 Å². The van der Waals surface area contributed by atoms with Gasteiger partial charge in [-0.1, -0.05) is 17.3 Å². The van der Waals surface area contributed by atoms with E-state index in [1.807, 2.05) is 0 Å². The van der Waals surface area contributed by atoms with E-state index in [1.54, 1.807) is 20.8 Å². The van der Waals surface area contributed by atoms with Crippen molar-refractivity contribution in [2.75, 3.05) is 6.54 Å². The first-order valence-electron chi connectivity index (χ1n) is 13.2. The van der Waals surface area contributed by atoms with Gasteiger partial charge in [0.05, 0.1) is 6.04 Å². The molecule has 0 unspecified atom stereocenters. The maximum atomic E-state index is 13.7. The van der Waals surface area contributed by atoms with Gasteiger partial charge in [0, 0.05) is 31.0 Å². The second kappa shape index (κ2) is 12.3. The van der Waals surface area contributed by atoms with Gasteiger partial charge >= 0.3 is 6.09 Å². The highest BCUT2D eigenvalue weighted by atomic mass is 19.1. The third-order valence-corrected chi connectivity index (χ3v) is 6.94. The van der Waals surface area contributed by atoms with Crippen molar-refractivity contribution < 1.29 is 32.8 Å². The molecule has 13 heteroatoms. The fourth-order valence-corrected chi connectivity index (χ4v) is 4.90. The van der Waals surface area contributed by atoms with Gasteiger partial charge < -0.3 is 25.2 Å². The lowest BCUT2D eigenvalue weighted by atomic mass is 9.89. The van der Waals surface area contributed by atoms with Crippen LogP contribution in [-0.4, -0.2) is 70.5 Å². The maximum Gasteiger partial charge on any atom is 0.416 e. The number of aryl methyl sites for hydroxylation is 1. The quantitative estimate of drug-likeness (QED) is 0.348. The van der Waals surface area contributed by atoms with Crippen LogP contribution in [0.1, 0.15) is 54.9 Å². The predicted molar refractivity (Wildman–Crippen MR) is 140 cm³/mol. The van der Waals surface area contributed by atoms with Gasteiger partial charge in [-0.3, -0.25) is 24.7 Å². The van der Waals surface area contributed by atoms with Crippen LogP contribution in [0.2, 0.25) is 0 Å². The Balaban J connectivity index is 1.59. The summed E-state index contributed by atoms with van der Waals surface area (Å²) in [4.78, 5) is 52.9. The first-order chi connectivity index (χ1) is 19.0. The van der Waals surface area contributed by atoms with Gasteiger partial charge in [-0.25, -0.2) is 9.18 Å². The molecule has 12 nitrogen and oxygen atoms in total. The van der Waals surface area contributed by atoms with Gasteiger partial charge in [-0.05, 0) is 57.7 Å². The van der Waals surface area contributed by atoms with Crippen LogP contribution in [0.25, 0.3) is 0 Å². The zero-order chi connectivity index (χ0) is 29.0. The molecule has 1 aromatic carbocycles. The number of nitrogens with zero attached hydrogens (tertiary/aromatic N) is 2. The number of hydrogen-bond acceptors (Lipinski definition) is 8. The number of amides is 4. The van der Waals surface area contributed by atoms with Crippen LogP contribution in [-0.2, 0) is 20.7 Å². The first kappa shape index (κ1) is 28.7. The standard InChI is InChI=1S/C27H33FN6O6/c1-14(2)34-23(29)22(39-27(34)38)19(13-17-5-4-10-30-24(17)35)31-25(36)20(12-16-6-8-18(28)9-7-16)32-26(37)21-11-15(3)40-33-21/h6-9,11,14,17,19-20,22,29H,4-5,10,12-13H2,1-3H3,(H,30,35)(H,31,36)(H,32,37)/t17-,19-,20-,22+/m0/s1. The minimum atomic E-state index is -1.15. The molecule has 2 aliphatic rings. The first-order valence-corrected chi connectivity index (χ1v) is 13.2. The van der Waals surface area contributed by atoms with Crippen LogP contribution < -0.4 is 16.0 Å². The lowest BCUT2D eigenvalue weighted by Crippen LogP contribution is -2.56. The molecule has 4 atom stereocenters. The summed E-state index contributed by atoms with van der Waals surface area (Å²) in [5.41, 5.74) is 0.552. The molecule has 2 fully saturated rings. The average Bonchev–Trinajstić information content (AvgIpc) is 3.47. The fraction of sp³-hybridized carbons (Fsp3) is 0.481. The average molecular weight is 557 g/mol. The summed E-state index contributed by atoms with van der Waals surface area (Å²) in [7, 11) is 0. The smallest absolute Gasteiger partial charge is 0.416 e. The van der Waals surface area contributed by atoms with Gasteiger partial charge in [-0.15, -0.1) is 0 Å². The minimum Gasteiger partial charge on any atom is -0.435 e. The summed E-state index contributed by atoms with van der Waals surface area (Å²) >= 11 is 0. The molecule has 0 saturated carbocycles. The summed E-state index contributed by atoms with van der Waals surface area (Å²) in [5, 5.41) is 20.6. The van der Waals surface area contributed by atoms with E-state index in [2.05, 4.69) is 21.1 Å². The number of amidine groups is 1. The van der Waals surface area contributed by atoms with Crippen LogP contribution in [0.15, 0.2) is 34.9 Å². The van der Waals surface area contributed by atoms with E-state index in [-0.39, 0.29) is 36.3 Å². The number of hydrogen-bond donors (Lipinski definition) is 4. The van der Waals surface area contributed by atoms with Crippen LogP contribution in [0.5, 0.6) is 0 Å². The molecule has 1 aromatic heterocycles. The second-order valence-electron chi connectivity index (χ2n) is 10.3. The molecule has 2 saturated heterocycles. The van der Waals surface area contributed by atoms with Crippen molar-refractivity contribution in [3.63, 3.8) is 0 Å². The van der Waals surface area contributed by atoms with Crippen LogP contribution >= 0.6 is 0 Å². The largest absolute Gasteiger partial charge is 0.435 e. The van der Waals surface area contributed by atoms with Gasteiger partial charge in [0.15, 0.2) is 11.8 Å². The maximum absolute atomic E-state index is 13.7. The minimum absolute atomic E-state index is 0.00530. The van der Waals surface area contributed by atoms with Crippen molar-refractivity contribution >= 4 is 29.7 Å². The van der Waals surface area contributed by atoms with Crippen LogP contribution in [0, 0.1) is 24.1 Å². The normalized spacial score (nSPS) is 20.6. The molecule has 2 aromatic rings. The number of benzene rings is 1. The summed E-state index contributed by atoms with van der Waals surface area (Å²) in [6.45, 7) is 5.65. The zero-order valence-corrected chi connectivity index (χ0v) is 22.5. The molecule has 0 bridgehead atoms. The van der Waals surface area contributed by atoms with E-state index in [4.69, 9.17) is 14.7 Å². The van der Waals surface area contributed by atoms with Crippen molar-refractivity contribution in [3.05, 3.63) is 53.2 Å². The van der Waals surface area contributed by atoms with E-state index in [1.165, 1.54) is 35.2 Å². The molecular weight excluding hydrogens is 523 g/mol. The Labute approximate surface area is 230 Å². The lowest BCUT2D eigenvalue weighted by molar-refractivity contribution is -0.128. The molecule has 0 radical (unpaired) electrons. The Morgan fingerprint density at radius 1 is 1.23 bits per heavy atom. The van der Waals surface area contributed by atoms with Crippen LogP contribution in [0.4, 0.5) is 9.18 Å². The highest BCUT2D eigenvalue weighted by Crippen LogP contribution is 2.26. The number of rotatable bonds is 10. The summed E-state index contributed by atoms with van der Waals surface area (Å²) in [5.74, 6) is -2.11. The molecule has 214 valence electrons. The third kappa shape index (κ3) is 6.64. The number of nitrogens with one attached hydrogen (secondary N) is 4. The van der Waals surface area contributed by atoms with Gasteiger partial charge in [0.2, 0.25) is 11.8 Å². The Hall–Kier alpha value is -4.29. The highest BCUT2D eigenvalue weighted by Gasteiger charge is 2.45. The van der Waals surface area contributed by atoms with Crippen molar-refractivity contribution in [1.29, 1.82) is 5.41 Å². The topological polar surface area (TPSA) is 167 Å². The molecule has 0 aliphatic carbocycles. The molecule has 3 heterocycles. The third-order valence-electron chi connectivity index (χ3n) is 6.94. The number of halogens is 1. The Morgan fingerprint density at radius 2 is 1.95 bits per heavy atom. The molecule has 2 aliphatic heterocycles. The Kier molecular flexibility index (Phi) is 8.80. The van der Waals surface area contributed by atoms with Gasteiger partial charge in [-0.2, -0.15) is 0 Å². The summed E-state index contributed by atoms with van der Waals surface area (Å²) < 4.78 is 24.0. The molecule has 0 spiro atoms. The number of piperidine rings is 1. The molecule has 4 amide bonds. The second-order valence-corrected chi connectivity index (χ2v) is 10.3. The number of carbonyl (C=O) groups excluding carboxylic acids is 4. The van der Waals surface area contributed by atoms with E-state index >= 15 is 0 Å². The SMILES string of the molecule is Cc1cc(C(=O)N[C@@H](Cc2ccc(F)cc2)C(=O)N[C@@H](C[C@@H]2CCCNC2=O)[C@H]2OC(=O)N(C(C)C)C2=N)no1. The highest BCUT2D eigenvalue weighted by molar-refractivity contribution is 6.03. The fourth-order valence-electron chi connectivity index (χ4n) is 4.90. The molecule has 4 N–H and O–H groups in total. The van der Waals surface area contributed by atoms with E-state index in [0.717, 1.165) is 6.42 Å². The Morgan fingerprint density at radius 3 is 2.55 bits per heavy atom. The van der Waals surface area contributed by atoms with Crippen molar-refractivity contribution in [2.45, 2.75) is 70.7 Å². The molecular formula is C27H33FN6O6. The summed E-state index contributed by atoms with van der Waals surface area (Å²) in [6.07, 6.45) is -0.405. The number of ether oxygens (including phenoxy) is 1.